The predicted octanol–water partition coefficient (Wildman–Crippen LogP) is 2.85. The smallest absolute Gasteiger partial charge is 0.407 e. The molecule has 35 heavy (non-hydrogen) atoms. The largest absolute Gasteiger partial charge is 0.453 e. The number of nitrogen functional groups attached to an aromatic ring is 1. The molecule has 3 amide bonds. The van der Waals surface area contributed by atoms with Crippen LogP contribution in [0.5, 0.6) is 0 Å². The highest BCUT2D eigenvalue weighted by Gasteiger charge is 2.37. The maximum Gasteiger partial charge on any atom is 0.407 e. The number of amides is 3. The molecule has 5 N–H and O–H groups in total. The van der Waals surface area contributed by atoms with E-state index < -0.39 is 18.2 Å². The monoisotopic (exact) mass is 519 g/mol. The van der Waals surface area contributed by atoms with Crippen molar-refractivity contribution in [2.45, 2.75) is 37.9 Å². The van der Waals surface area contributed by atoms with Gasteiger partial charge >= 0.3 is 6.09 Å². The van der Waals surface area contributed by atoms with Crippen LogP contribution in [0.2, 0.25) is 10.0 Å². The van der Waals surface area contributed by atoms with E-state index in [1.165, 1.54) is 12.0 Å². The molecule has 2 aromatic rings. The van der Waals surface area contributed by atoms with Crippen LogP contribution in [0.1, 0.15) is 29.5 Å². The van der Waals surface area contributed by atoms with Gasteiger partial charge in [0.25, 0.3) is 0 Å². The number of rotatable bonds is 8. The summed E-state index contributed by atoms with van der Waals surface area (Å²) < 4.78 is 4.69. The van der Waals surface area contributed by atoms with Gasteiger partial charge in [0.15, 0.2) is 0 Å². The number of amidine groups is 1. The fourth-order valence-corrected chi connectivity index (χ4v) is 4.24. The SMILES string of the molecule is COC(=O)N[C@H](Cc1ccc(Cl)c(Cl)c1)C(=O)N1CCC[C@H]1C(=O)NCc1ccc(C(=N)N)cc1. The van der Waals surface area contributed by atoms with E-state index in [9.17, 15) is 14.4 Å². The lowest BCUT2D eigenvalue weighted by atomic mass is 10.0. The van der Waals surface area contributed by atoms with Crippen molar-refractivity contribution in [1.82, 2.24) is 15.5 Å². The van der Waals surface area contributed by atoms with Crippen LogP contribution >= 0.6 is 23.2 Å². The van der Waals surface area contributed by atoms with Crippen molar-refractivity contribution < 1.29 is 19.1 Å². The fraction of sp³-hybridized carbons (Fsp3) is 0.333. The zero-order valence-corrected chi connectivity index (χ0v) is 20.7. The number of hydrogen-bond acceptors (Lipinski definition) is 5. The van der Waals surface area contributed by atoms with Gasteiger partial charge in [-0.25, -0.2) is 4.79 Å². The second-order valence-electron chi connectivity index (χ2n) is 8.16. The average molecular weight is 520 g/mol. The van der Waals surface area contributed by atoms with Crippen LogP contribution in [0.4, 0.5) is 4.79 Å². The molecule has 9 nitrogen and oxygen atoms in total. The normalized spacial score (nSPS) is 15.9. The molecule has 2 aromatic carbocycles. The first-order valence-electron chi connectivity index (χ1n) is 11.0. The molecule has 0 radical (unpaired) electrons. The summed E-state index contributed by atoms with van der Waals surface area (Å²) >= 11 is 12.1. The highest BCUT2D eigenvalue weighted by Crippen LogP contribution is 2.24. The first kappa shape index (κ1) is 26.3. The molecule has 1 heterocycles. The highest BCUT2D eigenvalue weighted by molar-refractivity contribution is 6.42. The van der Waals surface area contributed by atoms with E-state index in [2.05, 4.69) is 10.6 Å². The minimum absolute atomic E-state index is 0.0308. The number of carbonyl (C=O) groups is 3. The Morgan fingerprint density at radius 2 is 1.83 bits per heavy atom. The van der Waals surface area contributed by atoms with Gasteiger partial charge in [0.2, 0.25) is 11.8 Å². The number of ether oxygens (including phenoxy) is 1. The molecule has 1 aliphatic rings. The third-order valence-corrected chi connectivity index (χ3v) is 6.51. The summed E-state index contributed by atoms with van der Waals surface area (Å²) in [7, 11) is 1.21. The zero-order chi connectivity index (χ0) is 25.5. The van der Waals surface area contributed by atoms with E-state index >= 15 is 0 Å². The van der Waals surface area contributed by atoms with E-state index in [0.29, 0.717) is 40.6 Å². The molecule has 0 saturated carbocycles. The molecule has 1 aliphatic heterocycles. The number of nitrogens with two attached hydrogens (primary N) is 1. The lowest BCUT2D eigenvalue weighted by molar-refractivity contribution is -0.140. The summed E-state index contributed by atoms with van der Waals surface area (Å²) in [6.07, 6.45) is 0.573. The molecule has 0 aromatic heterocycles. The number of alkyl carbamates (subject to hydrolysis) is 1. The van der Waals surface area contributed by atoms with Gasteiger partial charge in [0.1, 0.15) is 17.9 Å². The maximum atomic E-state index is 13.4. The van der Waals surface area contributed by atoms with Crippen molar-refractivity contribution in [3.05, 3.63) is 69.2 Å². The number of methoxy groups -OCH3 is 1. The van der Waals surface area contributed by atoms with Crippen LogP contribution in [0.3, 0.4) is 0 Å². The molecule has 0 unspecified atom stereocenters. The number of likely N-dealkylation sites (tertiary alicyclic amines) is 1. The molecular formula is C24H27Cl2N5O4. The van der Waals surface area contributed by atoms with Crippen LogP contribution in [0, 0.1) is 5.41 Å². The van der Waals surface area contributed by atoms with Crippen molar-refractivity contribution >= 4 is 46.9 Å². The zero-order valence-electron chi connectivity index (χ0n) is 19.1. The Hall–Kier alpha value is -3.30. The topological polar surface area (TPSA) is 138 Å². The molecule has 3 rings (SSSR count). The van der Waals surface area contributed by atoms with Crippen molar-refractivity contribution in [1.29, 1.82) is 5.41 Å². The number of halogens is 2. The minimum Gasteiger partial charge on any atom is -0.453 e. The van der Waals surface area contributed by atoms with E-state index in [4.69, 9.17) is 39.1 Å². The lowest BCUT2D eigenvalue weighted by Gasteiger charge is -2.28. The third kappa shape index (κ3) is 6.86. The average Bonchev–Trinajstić information content (AvgIpc) is 3.34. The number of carbonyl (C=O) groups excluding carboxylic acids is 3. The van der Waals surface area contributed by atoms with Crippen LogP contribution in [-0.2, 0) is 27.3 Å². The molecule has 186 valence electrons. The number of nitrogens with zero attached hydrogens (tertiary/aromatic N) is 1. The van der Waals surface area contributed by atoms with Crippen LogP contribution in [-0.4, -0.2) is 54.4 Å². The standard InChI is InChI=1S/C24H27Cl2N5O4/c1-35-24(34)30-19(12-15-6-9-17(25)18(26)11-15)23(33)31-10-2-3-20(31)22(32)29-13-14-4-7-16(8-5-14)21(27)28/h4-9,11,19-20H,2-3,10,12-13H2,1H3,(H3,27,28)(H,29,32)(H,30,34)/t19-,20+/m1/s1. The number of nitrogens with one attached hydrogen (secondary N) is 3. The molecule has 2 atom stereocenters. The second kappa shape index (κ2) is 11.9. The van der Waals surface area contributed by atoms with Gasteiger partial charge in [0.05, 0.1) is 17.2 Å². The van der Waals surface area contributed by atoms with Crippen LogP contribution in [0.25, 0.3) is 0 Å². The van der Waals surface area contributed by atoms with Crippen molar-refractivity contribution in [3.8, 4) is 0 Å². The quantitative estimate of drug-likeness (QED) is 0.313. The Labute approximate surface area is 213 Å². The molecule has 11 heteroatoms. The van der Waals surface area contributed by atoms with Gasteiger partial charge in [0, 0.05) is 25.1 Å². The van der Waals surface area contributed by atoms with Gasteiger partial charge in [-0.1, -0.05) is 53.5 Å². The summed E-state index contributed by atoms with van der Waals surface area (Å²) in [5.74, 6) is -0.695. The van der Waals surface area contributed by atoms with Crippen LogP contribution < -0.4 is 16.4 Å². The molecule has 0 spiro atoms. The van der Waals surface area contributed by atoms with E-state index in [1.54, 1.807) is 42.5 Å². The van der Waals surface area contributed by atoms with Gasteiger partial charge in [-0.05, 0) is 36.1 Å². The highest BCUT2D eigenvalue weighted by atomic mass is 35.5. The Morgan fingerprint density at radius 3 is 2.46 bits per heavy atom. The fourth-order valence-electron chi connectivity index (χ4n) is 3.92. The molecule has 1 fully saturated rings. The Balaban J connectivity index is 1.69. The second-order valence-corrected chi connectivity index (χ2v) is 8.97. The number of benzene rings is 2. The van der Waals surface area contributed by atoms with Crippen molar-refractivity contribution in [3.63, 3.8) is 0 Å². The van der Waals surface area contributed by atoms with Gasteiger partial charge in [-0.15, -0.1) is 0 Å². The summed E-state index contributed by atoms with van der Waals surface area (Å²) in [5, 5.41) is 13.6. The minimum atomic E-state index is -0.952. The molecule has 1 saturated heterocycles. The molecule has 0 aliphatic carbocycles. The Bertz CT molecular complexity index is 1110. The summed E-state index contributed by atoms with van der Waals surface area (Å²) in [4.78, 5) is 39.8. The van der Waals surface area contributed by atoms with E-state index in [1.807, 2.05) is 0 Å². The predicted molar refractivity (Wildman–Crippen MR) is 134 cm³/mol. The van der Waals surface area contributed by atoms with Crippen LogP contribution in [0.15, 0.2) is 42.5 Å². The first-order valence-corrected chi connectivity index (χ1v) is 11.7. The summed E-state index contributed by atoms with van der Waals surface area (Å²) in [5.41, 5.74) is 7.60. The number of hydrogen-bond donors (Lipinski definition) is 4. The Kier molecular flexibility index (Phi) is 8.95. The Morgan fingerprint density at radius 1 is 1.14 bits per heavy atom. The van der Waals surface area contributed by atoms with E-state index in [-0.39, 0.29) is 30.6 Å². The maximum absolute atomic E-state index is 13.4. The third-order valence-electron chi connectivity index (χ3n) is 5.77. The van der Waals surface area contributed by atoms with Gasteiger partial charge in [-0.2, -0.15) is 0 Å². The van der Waals surface area contributed by atoms with E-state index in [0.717, 1.165) is 5.56 Å². The van der Waals surface area contributed by atoms with Crippen molar-refractivity contribution in [2.75, 3.05) is 13.7 Å². The summed E-state index contributed by atoms with van der Waals surface area (Å²) in [6.45, 7) is 0.660. The first-order chi connectivity index (χ1) is 16.7. The van der Waals surface area contributed by atoms with Crippen molar-refractivity contribution in [2.24, 2.45) is 5.73 Å². The lowest BCUT2D eigenvalue weighted by Crippen LogP contribution is -2.54. The van der Waals surface area contributed by atoms with Gasteiger partial charge in [-0.3, -0.25) is 15.0 Å². The molecular weight excluding hydrogens is 493 g/mol. The molecule has 0 bridgehead atoms. The van der Waals surface area contributed by atoms with Gasteiger partial charge < -0.3 is 26.0 Å². The summed E-state index contributed by atoms with van der Waals surface area (Å²) in [6, 6.07) is 10.3.